The van der Waals surface area contributed by atoms with E-state index in [9.17, 15) is 33.3 Å². The van der Waals surface area contributed by atoms with Gasteiger partial charge in [-0.15, -0.1) is 13.2 Å². The molecule has 0 radical (unpaired) electrons. The first-order chi connectivity index (χ1) is 12.2. The van der Waals surface area contributed by atoms with Gasteiger partial charge in [0.25, 0.3) is 0 Å². The van der Waals surface area contributed by atoms with E-state index < -0.39 is 39.8 Å². The molecule has 26 heavy (non-hydrogen) atoms. The third-order valence-corrected chi connectivity index (χ3v) is 3.28. The minimum atomic E-state index is -4.86. The molecule has 0 bridgehead atoms. The van der Waals surface area contributed by atoms with Crippen LogP contribution >= 0.6 is 0 Å². The highest BCUT2D eigenvalue weighted by molar-refractivity contribution is 5.97. The summed E-state index contributed by atoms with van der Waals surface area (Å²) in [5, 5.41) is 20.6. The van der Waals surface area contributed by atoms with Crippen molar-refractivity contribution in [3.05, 3.63) is 57.6 Å². The Labute approximate surface area is 144 Å². The number of carbonyl (C=O) groups is 1. The summed E-state index contributed by atoms with van der Waals surface area (Å²) in [5.74, 6) is -1.48. The number of carbonyl (C=O) groups excluding carboxylic acids is 1. The Morgan fingerprint density at radius 3 is 2.27 bits per heavy atom. The minimum absolute atomic E-state index is 0.0745. The van der Waals surface area contributed by atoms with Crippen LogP contribution in [0.2, 0.25) is 0 Å². The van der Waals surface area contributed by atoms with E-state index in [1.54, 1.807) is 6.07 Å². The zero-order valence-electron chi connectivity index (χ0n) is 13.0. The van der Waals surface area contributed by atoms with E-state index in [1.807, 2.05) is 0 Å². The number of benzene rings is 2. The monoisotopic (exact) mass is 366 g/mol. The molecule has 0 aliphatic carbocycles. The predicted octanol–water partition coefficient (Wildman–Crippen LogP) is 3.82. The highest BCUT2D eigenvalue weighted by Crippen LogP contribution is 2.34. The fraction of sp³-hybridized carbons (Fsp3) is 0.125. The van der Waals surface area contributed by atoms with Crippen molar-refractivity contribution in [2.75, 3.05) is 7.11 Å². The molecule has 0 amide bonds. The van der Waals surface area contributed by atoms with Crippen molar-refractivity contribution in [3.63, 3.8) is 0 Å². The van der Waals surface area contributed by atoms with Gasteiger partial charge in [-0.2, -0.15) is 5.26 Å². The second-order valence-electron chi connectivity index (χ2n) is 4.82. The molecule has 0 spiro atoms. The maximum atomic E-state index is 12.2. The Bertz CT molecular complexity index is 902. The molecule has 0 aromatic heterocycles. The van der Waals surface area contributed by atoms with E-state index >= 15 is 0 Å². The lowest BCUT2D eigenvalue weighted by molar-refractivity contribution is -0.385. The number of nitrogens with zero attached hydrogens (tertiary/aromatic N) is 2. The maximum Gasteiger partial charge on any atom is 0.573 e. The number of nitro groups is 1. The Kier molecular flexibility index (Phi) is 5.11. The van der Waals surface area contributed by atoms with Crippen LogP contribution in [0.15, 0.2) is 36.4 Å². The Balaban J connectivity index is 2.57. The lowest BCUT2D eigenvalue weighted by atomic mass is 9.96. The molecule has 0 aliphatic rings. The molecule has 0 saturated heterocycles. The molecule has 2 rings (SSSR count). The number of halogens is 3. The number of hydrogen-bond donors (Lipinski definition) is 0. The van der Waals surface area contributed by atoms with Gasteiger partial charge < -0.3 is 9.47 Å². The number of methoxy groups -OCH3 is 1. The van der Waals surface area contributed by atoms with Gasteiger partial charge in [-0.1, -0.05) is 18.2 Å². The van der Waals surface area contributed by atoms with E-state index in [0.717, 1.165) is 25.3 Å². The number of nitriles is 1. The second-order valence-corrected chi connectivity index (χ2v) is 4.82. The van der Waals surface area contributed by atoms with Crippen LogP contribution < -0.4 is 4.74 Å². The average Bonchev–Trinajstić information content (AvgIpc) is 2.58. The number of rotatable bonds is 4. The van der Waals surface area contributed by atoms with E-state index in [-0.39, 0.29) is 11.1 Å². The summed E-state index contributed by atoms with van der Waals surface area (Å²) in [6.07, 6.45) is -4.86. The minimum Gasteiger partial charge on any atom is -0.465 e. The fourth-order valence-electron chi connectivity index (χ4n) is 2.25. The SMILES string of the molecule is COC(=O)c1ccc(-c2ccc(OC(F)(F)F)cc2)c(C#N)c1[N+](=O)[O-]. The average molecular weight is 366 g/mol. The highest BCUT2D eigenvalue weighted by atomic mass is 19.4. The van der Waals surface area contributed by atoms with Crippen LogP contribution in [0.3, 0.4) is 0 Å². The molecular formula is C16H9F3N2O5. The van der Waals surface area contributed by atoms with Crippen LogP contribution in [0.5, 0.6) is 5.75 Å². The van der Waals surface area contributed by atoms with Crippen molar-refractivity contribution in [2.24, 2.45) is 0 Å². The predicted molar refractivity (Wildman–Crippen MR) is 81.3 cm³/mol. The van der Waals surface area contributed by atoms with Gasteiger partial charge in [0.2, 0.25) is 0 Å². The van der Waals surface area contributed by atoms with Crippen LogP contribution in [-0.2, 0) is 4.74 Å². The number of nitro benzene ring substituents is 1. The van der Waals surface area contributed by atoms with Gasteiger partial charge in [-0.05, 0) is 23.8 Å². The van der Waals surface area contributed by atoms with Crippen LogP contribution in [0.4, 0.5) is 18.9 Å². The molecule has 0 heterocycles. The third kappa shape index (κ3) is 3.89. The second kappa shape index (κ2) is 7.10. The number of hydrogen-bond acceptors (Lipinski definition) is 6. The van der Waals surface area contributed by atoms with Crippen LogP contribution in [0.1, 0.15) is 15.9 Å². The molecule has 0 atom stereocenters. The number of esters is 1. The van der Waals surface area contributed by atoms with E-state index in [2.05, 4.69) is 9.47 Å². The van der Waals surface area contributed by atoms with Crippen LogP contribution in [0.25, 0.3) is 11.1 Å². The first-order valence-corrected chi connectivity index (χ1v) is 6.84. The first kappa shape index (κ1) is 18.7. The molecule has 0 unspecified atom stereocenters. The summed E-state index contributed by atoms with van der Waals surface area (Å²) in [4.78, 5) is 22.1. The quantitative estimate of drug-likeness (QED) is 0.463. The molecule has 0 fully saturated rings. The molecule has 0 N–H and O–H groups in total. The topological polar surface area (TPSA) is 102 Å². The van der Waals surface area contributed by atoms with Gasteiger partial charge in [-0.3, -0.25) is 10.1 Å². The number of ether oxygens (including phenoxy) is 2. The summed E-state index contributed by atoms with van der Waals surface area (Å²) < 4.78 is 44.8. The summed E-state index contributed by atoms with van der Waals surface area (Å²) >= 11 is 0. The standard InChI is InChI=1S/C16H9F3N2O5/c1-25-15(22)12-7-6-11(13(8-20)14(12)21(23)24)9-2-4-10(5-3-9)26-16(17,18)19/h2-7H,1H3. The summed E-state index contributed by atoms with van der Waals surface area (Å²) in [7, 11) is 1.03. The van der Waals surface area contributed by atoms with Gasteiger partial charge in [0, 0.05) is 5.56 Å². The van der Waals surface area contributed by atoms with Gasteiger partial charge >= 0.3 is 18.0 Å². The molecule has 134 valence electrons. The highest BCUT2D eigenvalue weighted by Gasteiger charge is 2.31. The van der Waals surface area contributed by atoms with E-state index in [0.29, 0.717) is 0 Å². The zero-order valence-corrected chi connectivity index (χ0v) is 13.0. The van der Waals surface area contributed by atoms with E-state index in [1.165, 1.54) is 18.2 Å². The lowest BCUT2D eigenvalue weighted by Gasteiger charge is -2.11. The Morgan fingerprint density at radius 1 is 1.19 bits per heavy atom. The largest absolute Gasteiger partial charge is 0.573 e. The molecule has 0 aliphatic heterocycles. The van der Waals surface area contributed by atoms with Crippen molar-refractivity contribution in [1.29, 1.82) is 5.26 Å². The molecule has 0 saturated carbocycles. The fourth-order valence-corrected chi connectivity index (χ4v) is 2.25. The third-order valence-electron chi connectivity index (χ3n) is 3.28. The van der Waals surface area contributed by atoms with Crippen molar-refractivity contribution >= 4 is 11.7 Å². The first-order valence-electron chi connectivity index (χ1n) is 6.84. The van der Waals surface area contributed by atoms with Gasteiger partial charge in [0.05, 0.1) is 12.0 Å². The van der Waals surface area contributed by atoms with Crippen molar-refractivity contribution in [3.8, 4) is 22.9 Å². The summed E-state index contributed by atoms with van der Waals surface area (Å²) in [5.41, 5.74) is -1.26. The van der Waals surface area contributed by atoms with Crippen LogP contribution in [0, 0.1) is 21.4 Å². The lowest BCUT2D eigenvalue weighted by Crippen LogP contribution is -2.16. The number of alkyl halides is 3. The molecular weight excluding hydrogens is 357 g/mol. The molecule has 2 aromatic carbocycles. The van der Waals surface area contributed by atoms with E-state index in [4.69, 9.17) is 0 Å². The maximum absolute atomic E-state index is 12.2. The van der Waals surface area contributed by atoms with Gasteiger partial charge in [0.15, 0.2) is 0 Å². The summed E-state index contributed by atoms with van der Waals surface area (Å²) in [6, 6.07) is 8.46. The van der Waals surface area contributed by atoms with Gasteiger partial charge in [-0.25, -0.2) is 4.79 Å². The molecule has 7 nitrogen and oxygen atoms in total. The summed E-state index contributed by atoms with van der Waals surface area (Å²) in [6.45, 7) is 0. The zero-order chi connectivity index (χ0) is 19.5. The van der Waals surface area contributed by atoms with Crippen LogP contribution in [-0.4, -0.2) is 24.4 Å². The Hall–Kier alpha value is -3.61. The Morgan fingerprint density at radius 2 is 1.81 bits per heavy atom. The molecule has 10 heteroatoms. The normalized spacial score (nSPS) is 10.7. The van der Waals surface area contributed by atoms with Crippen molar-refractivity contribution < 1.29 is 32.4 Å². The van der Waals surface area contributed by atoms with Crippen molar-refractivity contribution in [1.82, 2.24) is 0 Å². The van der Waals surface area contributed by atoms with Gasteiger partial charge in [0.1, 0.15) is 22.9 Å². The van der Waals surface area contributed by atoms with Crippen molar-refractivity contribution in [2.45, 2.75) is 6.36 Å². The molecule has 2 aromatic rings. The smallest absolute Gasteiger partial charge is 0.465 e.